The molecule has 14 heavy (non-hydrogen) atoms. The second-order valence-corrected chi connectivity index (χ2v) is 3.67. The lowest BCUT2D eigenvalue weighted by Gasteiger charge is -2.30. The van der Waals surface area contributed by atoms with E-state index in [0.29, 0.717) is 13.0 Å². The van der Waals surface area contributed by atoms with Crippen LogP contribution in [0.15, 0.2) is 12.2 Å². The van der Waals surface area contributed by atoms with E-state index in [9.17, 15) is 9.59 Å². The van der Waals surface area contributed by atoms with Crippen molar-refractivity contribution in [1.29, 1.82) is 0 Å². The molecule has 0 bridgehead atoms. The number of hydrogen-bond donors (Lipinski definition) is 1. The summed E-state index contributed by atoms with van der Waals surface area (Å²) in [7, 11) is 0. The summed E-state index contributed by atoms with van der Waals surface area (Å²) < 4.78 is 0. The largest absolute Gasteiger partial charge is 0.480 e. The Hall–Kier alpha value is -1.32. The van der Waals surface area contributed by atoms with E-state index in [2.05, 4.69) is 0 Å². The van der Waals surface area contributed by atoms with Gasteiger partial charge in [0.2, 0.25) is 5.91 Å². The van der Waals surface area contributed by atoms with Gasteiger partial charge in [0.25, 0.3) is 0 Å². The molecule has 1 N–H and O–H groups in total. The van der Waals surface area contributed by atoms with E-state index in [-0.39, 0.29) is 5.91 Å². The molecule has 1 atom stereocenters. The van der Waals surface area contributed by atoms with Crippen LogP contribution < -0.4 is 0 Å². The number of likely N-dealkylation sites (tertiary alicyclic amines) is 1. The topological polar surface area (TPSA) is 57.6 Å². The molecule has 1 saturated heterocycles. The molecule has 1 heterocycles. The number of amides is 1. The van der Waals surface area contributed by atoms with Crippen LogP contribution >= 0.6 is 0 Å². The zero-order chi connectivity index (χ0) is 10.8. The first-order valence-electron chi connectivity index (χ1n) is 4.70. The van der Waals surface area contributed by atoms with Gasteiger partial charge in [-0.2, -0.15) is 0 Å². The second kappa shape index (κ2) is 3.82. The Morgan fingerprint density at radius 2 is 2.14 bits per heavy atom. The molecule has 1 unspecified atom stereocenters. The van der Waals surface area contributed by atoms with Gasteiger partial charge in [0.15, 0.2) is 0 Å². The fourth-order valence-electron chi connectivity index (χ4n) is 1.77. The number of rotatable bonds is 2. The quantitative estimate of drug-likeness (QED) is 0.672. The third kappa shape index (κ3) is 1.64. The summed E-state index contributed by atoms with van der Waals surface area (Å²) >= 11 is 0. The zero-order valence-electron chi connectivity index (χ0n) is 8.49. The Morgan fingerprint density at radius 3 is 2.64 bits per heavy atom. The van der Waals surface area contributed by atoms with Gasteiger partial charge in [0.1, 0.15) is 5.54 Å². The van der Waals surface area contributed by atoms with E-state index in [1.165, 1.54) is 11.0 Å². The lowest BCUT2D eigenvalue weighted by atomic mass is 9.99. The summed E-state index contributed by atoms with van der Waals surface area (Å²) in [6, 6.07) is 0. The highest BCUT2D eigenvalue weighted by Crippen LogP contribution is 2.29. The minimum atomic E-state index is -1.02. The van der Waals surface area contributed by atoms with E-state index in [4.69, 9.17) is 5.11 Å². The predicted molar refractivity (Wildman–Crippen MR) is 51.8 cm³/mol. The molecule has 78 valence electrons. The van der Waals surface area contributed by atoms with E-state index in [0.717, 1.165) is 6.42 Å². The first-order chi connectivity index (χ1) is 6.52. The number of hydrogen-bond acceptors (Lipinski definition) is 2. The van der Waals surface area contributed by atoms with Gasteiger partial charge in [-0.25, -0.2) is 4.79 Å². The number of nitrogens with zero attached hydrogens (tertiary/aromatic N) is 1. The summed E-state index contributed by atoms with van der Waals surface area (Å²) in [6.45, 7) is 3.88. The molecule has 1 rings (SSSR count). The molecule has 1 aliphatic rings. The van der Waals surface area contributed by atoms with Gasteiger partial charge in [0.05, 0.1) is 0 Å². The summed E-state index contributed by atoms with van der Waals surface area (Å²) in [5.41, 5.74) is -1.02. The molecular weight excluding hydrogens is 182 g/mol. The Kier molecular flexibility index (Phi) is 2.93. The van der Waals surface area contributed by atoms with Gasteiger partial charge in [-0.15, -0.1) is 0 Å². The molecule has 0 spiro atoms. The fraction of sp³-hybridized carbons (Fsp3) is 0.600. The average molecular weight is 197 g/mol. The third-order valence-electron chi connectivity index (χ3n) is 2.68. The van der Waals surface area contributed by atoms with E-state index in [1.807, 2.05) is 0 Å². The maximum Gasteiger partial charge on any atom is 0.329 e. The summed E-state index contributed by atoms with van der Waals surface area (Å²) in [6.07, 6.45) is 4.33. The van der Waals surface area contributed by atoms with Gasteiger partial charge in [-0.1, -0.05) is 6.08 Å². The van der Waals surface area contributed by atoms with Gasteiger partial charge in [0, 0.05) is 6.54 Å². The summed E-state index contributed by atoms with van der Waals surface area (Å²) in [4.78, 5) is 24.0. The van der Waals surface area contributed by atoms with Gasteiger partial charge >= 0.3 is 5.97 Å². The minimum Gasteiger partial charge on any atom is -0.480 e. The smallest absolute Gasteiger partial charge is 0.329 e. The number of carboxylic acid groups (broad SMARTS) is 1. The Balaban J connectivity index is 2.88. The highest BCUT2D eigenvalue weighted by Gasteiger charge is 2.45. The summed E-state index contributed by atoms with van der Waals surface area (Å²) in [5.74, 6) is -1.14. The van der Waals surface area contributed by atoms with Gasteiger partial charge < -0.3 is 10.0 Å². The van der Waals surface area contributed by atoms with Crippen LogP contribution in [0, 0.1) is 0 Å². The molecule has 0 saturated carbocycles. The number of aliphatic carboxylic acids is 1. The second-order valence-electron chi connectivity index (χ2n) is 3.67. The molecule has 0 aromatic carbocycles. The van der Waals surface area contributed by atoms with Crippen molar-refractivity contribution in [2.75, 3.05) is 6.54 Å². The first-order valence-corrected chi connectivity index (χ1v) is 4.70. The van der Waals surface area contributed by atoms with E-state index < -0.39 is 11.5 Å². The van der Waals surface area contributed by atoms with Crippen molar-refractivity contribution in [3.63, 3.8) is 0 Å². The Morgan fingerprint density at radius 1 is 1.50 bits per heavy atom. The van der Waals surface area contributed by atoms with Gasteiger partial charge in [-0.05, 0) is 32.8 Å². The molecule has 0 aliphatic carbocycles. The maximum absolute atomic E-state index is 11.5. The van der Waals surface area contributed by atoms with Crippen molar-refractivity contribution in [3.8, 4) is 0 Å². The van der Waals surface area contributed by atoms with Crippen LogP contribution in [-0.4, -0.2) is 34.0 Å². The van der Waals surface area contributed by atoms with Crippen molar-refractivity contribution in [1.82, 2.24) is 4.90 Å². The van der Waals surface area contributed by atoms with Crippen molar-refractivity contribution in [2.24, 2.45) is 0 Å². The molecule has 0 aromatic rings. The minimum absolute atomic E-state index is 0.213. The normalized spacial score (nSPS) is 27.1. The molecule has 4 heteroatoms. The van der Waals surface area contributed by atoms with Crippen molar-refractivity contribution < 1.29 is 14.7 Å². The highest BCUT2D eigenvalue weighted by molar-refractivity contribution is 5.93. The number of allylic oxidation sites excluding steroid dienone is 1. The first kappa shape index (κ1) is 10.8. The van der Waals surface area contributed by atoms with Crippen LogP contribution in [0.3, 0.4) is 0 Å². The third-order valence-corrected chi connectivity index (χ3v) is 2.68. The van der Waals surface area contributed by atoms with Crippen LogP contribution in [-0.2, 0) is 9.59 Å². The monoisotopic (exact) mass is 197 g/mol. The molecule has 1 fully saturated rings. The van der Waals surface area contributed by atoms with Gasteiger partial charge in [-0.3, -0.25) is 4.79 Å². The van der Waals surface area contributed by atoms with Crippen molar-refractivity contribution in [2.45, 2.75) is 32.2 Å². The van der Waals surface area contributed by atoms with Crippen LogP contribution in [0.4, 0.5) is 0 Å². The summed E-state index contributed by atoms with van der Waals surface area (Å²) in [5, 5.41) is 9.04. The zero-order valence-corrected chi connectivity index (χ0v) is 8.49. The molecule has 4 nitrogen and oxygen atoms in total. The number of carbonyl (C=O) groups is 2. The van der Waals surface area contributed by atoms with Crippen LogP contribution in [0.25, 0.3) is 0 Å². The lowest BCUT2D eigenvalue weighted by molar-refractivity contribution is -0.153. The van der Waals surface area contributed by atoms with E-state index >= 15 is 0 Å². The molecule has 1 amide bonds. The van der Waals surface area contributed by atoms with Crippen LogP contribution in [0.5, 0.6) is 0 Å². The highest BCUT2D eigenvalue weighted by atomic mass is 16.4. The van der Waals surface area contributed by atoms with Crippen LogP contribution in [0.1, 0.15) is 26.7 Å². The Bertz CT molecular complexity index is 285. The maximum atomic E-state index is 11.5. The predicted octanol–water partition coefficient (Wildman–Crippen LogP) is 1.03. The SMILES string of the molecule is CC=CC(=O)N1CCCC1(C)C(=O)O. The van der Waals surface area contributed by atoms with Crippen molar-refractivity contribution in [3.05, 3.63) is 12.2 Å². The van der Waals surface area contributed by atoms with Crippen LogP contribution in [0.2, 0.25) is 0 Å². The molecule has 0 radical (unpaired) electrons. The van der Waals surface area contributed by atoms with Crippen molar-refractivity contribution >= 4 is 11.9 Å². The number of carbonyl (C=O) groups excluding carboxylic acids is 1. The average Bonchev–Trinajstić information content (AvgIpc) is 2.49. The lowest BCUT2D eigenvalue weighted by Crippen LogP contribution is -2.50. The molecular formula is C10H15NO3. The fourth-order valence-corrected chi connectivity index (χ4v) is 1.77. The number of carboxylic acids is 1. The standard InChI is InChI=1S/C10H15NO3/c1-3-5-8(12)11-7-4-6-10(11,2)9(13)14/h3,5H,4,6-7H2,1-2H3,(H,13,14). The molecule has 1 aliphatic heterocycles. The Labute approximate surface area is 83.2 Å². The van der Waals surface area contributed by atoms with E-state index in [1.54, 1.807) is 19.9 Å². The molecule has 0 aromatic heterocycles.